The topological polar surface area (TPSA) is 83.8 Å². The van der Waals surface area contributed by atoms with E-state index in [1.807, 2.05) is 6.07 Å². The van der Waals surface area contributed by atoms with Crippen LogP contribution in [0, 0.1) is 0 Å². The highest BCUT2D eigenvalue weighted by atomic mass is 16.5. The van der Waals surface area contributed by atoms with Gasteiger partial charge in [-0.1, -0.05) is 0 Å². The van der Waals surface area contributed by atoms with E-state index in [4.69, 9.17) is 9.15 Å². The fourth-order valence-electron chi connectivity index (χ4n) is 1.97. The molecule has 0 atom stereocenters. The van der Waals surface area contributed by atoms with E-state index in [2.05, 4.69) is 10.6 Å². The van der Waals surface area contributed by atoms with Crippen LogP contribution >= 0.6 is 0 Å². The van der Waals surface area contributed by atoms with Gasteiger partial charge >= 0.3 is 6.03 Å². The molecule has 1 aromatic carbocycles. The molecule has 23 heavy (non-hydrogen) atoms. The van der Waals surface area contributed by atoms with Crippen molar-refractivity contribution in [1.82, 2.24) is 10.2 Å². The van der Waals surface area contributed by atoms with Crippen LogP contribution in [0.15, 0.2) is 47.1 Å². The summed E-state index contributed by atoms with van der Waals surface area (Å²) in [6.07, 6.45) is 1.57. The van der Waals surface area contributed by atoms with Gasteiger partial charge in [0.05, 0.1) is 26.5 Å². The second kappa shape index (κ2) is 8.00. The molecule has 0 unspecified atom stereocenters. The van der Waals surface area contributed by atoms with Crippen LogP contribution in [0.5, 0.6) is 5.75 Å². The van der Waals surface area contributed by atoms with Gasteiger partial charge in [-0.05, 0) is 43.4 Å². The monoisotopic (exact) mass is 317 g/mol. The second-order valence-electron chi connectivity index (χ2n) is 4.98. The molecule has 7 nitrogen and oxygen atoms in total. The van der Waals surface area contributed by atoms with Crippen LogP contribution in [0.1, 0.15) is 5.76 Å². The zero-order chi connectivity index (χ0) is 16.7. The number of methoxy groups -OCH3 is 1. The first-order chi connectivity index (χ1) is 11.1. The normalized spacial score (nSPS) is 10.4. The van der Waals surface area contributed by atoms with Gasteiger partial charge in [0.1, 0.15) is 11.5 Å². The number of rotatable bonds is 6. The summed E-state index contributed by atoms with van der Waals surface area (Å²) in [4.78, 5) is 25.3. The highest BCUT2D eigenvalue weighted by Crippen LogP contribution is 2.14. The van der Waals surface area contributed by atoms with E-state index in [1.54, 1.807) is 55.7 Å². The number of likely N-dealkylation sites (N-methyl/N-ethyl adjacent to an activating group) is 1. The zero-order valence-electron chi connectivity index (χ0n) is 13.0. The minimum atomic E-state index is -0.577. The maximum atomic E-state index is 11.8. The van der Waals surface area contributed by atoms with Gasteiger partial charge in [-0.3, -0.25) is 15.0 Å². The van der Waals surface area contributed by atoms with Crippen LogP contribution < -0.4 is 15.4 Å². The fraction of sp³-hybridized carbons (Fsp3) is 0.250. The van der Waals surface area contributed by atoms with Crippen molar-refractivity contribution in [3.05, 3.63) is 48.4 Å². The maximum Gasteiger partial charge on any atom is 0.325 e. The molecule has 7 heteroatoms. The van der Waals surface area contributed by atoms with Crippen LogP contribution in [-0.2, 0) is 11.3 Å². The molecule has 0 aliphatic rings. The van der Waals surface area contributed by atoms with Crippen LogP contribution in [-0.4, -0.2) is 37.5 Å². The predicted octanol–water partition coefficient (Wildman–Crippen LogP) is 2.07. The lowest BCUT2D eigenvalue weighted by atomic mass is 10.3. The van der Waals surface area contributed by atoms with E-state index < -0.39 is 11.9 Å². The largest absolute Gasteiger partial charge is 0.497 e. The average molecular weight is 317 g/mol. The molecule has 1 heterocycles. The van der Waals surface area contributed by atoms with Gasteiger partial charge in [0.15, 0.2) is 0 Å². The van der Waals surface area contributed by atoms with E-state index in [0.29, 0.717) is 18.0 Å². The lowest BCUT2D eigenvalue weighted by molar-refractivity contribution is -0.120. The Balaban J connectivity index is 1.76. The molecule has 3 amide bonds. The third kappa shape index (κ3) is 5.48. The molecule has 0 bridgehead atoms. The number of nitrogens with one attached hydrogen (secondary N) is 2. The first kappa shape index (κ1) is 16.6. The van der Waals surface area contributed by atoms with Gasteiger partial charge in [0.2, 0.25) is 5.91 Å². The number of amides is 3. The highest BCUT2D eigenvalue weighted by molar-refractivity contribution is 6.01. The van der Waals surface area contributed by atoms with Crippen molar-refractivity contribution < 1.29 is 18.7 Å². The first-order valence-corrected chi connectivity index (χ1v) is 7.02. The number of carbonyl (C=O) groups excluding carboxylic acids is 2. The van der Waals surface area contributed by atoms with Crippen LogP contribution in [0.3, 0.4) is 0 Å². The van der Waals surface area contributed by atoms with E-state index in [9.17, 15) is 9.59 Å². The molecule has 0 aliphatic carbocycles. The summed E-state index contributed by atoms with van der Waals surface area (Å²) in [6, 6.07) is 9.84. The van der Waals surface area contributed by atoms with Crippen molar-refractivity contribution in [3.8, 4) is 5.75 Å². The van der Waals surface area contributed by atoms with Gasteiger partial charge < -0.3 is 14.5 Å². The van der Waals surface area contributed by atoms with Crippen molar-refractivity contribution >= 4 is 17.6 Å². The average Bonchev–Trinajstić information content (AvgIpc) is 3.00. The number of ether oxygens (including phenoxy) is 1. The minimum Gasteiger partial charge on any atom is -0.497 e. The third-order valence-corrected chi connectivity index (χ3v) is 3.02. The number of hydrogen-bond acceptors (Lipinski definition) is 5. The molecule has 0 aliphatic heterocycles. The number of hydrogen-bond donors (Lipinski definition) is 2. The van der Waals surface area contributed by atoms with Crippen molar-refractivity contribution in [2.75, 3.05) is 26.0 Å². The van der Waals surface area contributed by atoms with Crippen molar-refractivity contribution in [1.29, 1.82) is 0 Å². The smallest absolute Gasteiger partial charge is 0.325 e. The summed E-state index contributed by atoms with van der Waals surface area (Å²) in [5.41, 5.74) is 0.569. The first-order valence-electron chi connectivity index (χ1n) is 7.02. The van der Waals surface area contributed by atoms with Crippen molar-refractivity contribution in [2.45, 2.75) is 6.54 Å². The Hall–Kier alpha value is -2.80. The van der Waals surface area contributed by atoms with Gasteiger partial charge in [-0.25, -0.2) is 4.79 Å². The van der Waals surface area contributed by atoms with Crippen LogP contribution in [0.2, 0.25) is 0 Å². The van der Waals surface area contributed by atoms with E-state index in [1.165, 1.54) is 0 Å². The Morgan fingerprint density at radius 1 is 1.22 bits per heavy atom. The zero-order valence-corrected chi connectivity index (χ0v) is 13.0. The summed E-state index contributed by atoms with van der Waals surface area (Å²) < 4.78 is 10.2. The molecule has 2 N–H and O–H groups in total. The van der Waals surface area contributed by atoms with Crippen LogP contribution in [0.25, 0.3) is 0 Å². The van der Waals surface area contributed by atoms with Gasteiger partial charge in [0, 0.05) is 5.69 Å². The van der Waals surface area contributed by atoms with Gasteiger partial charge in [-0.2, -0.15) is 0 Å². The summed E-state index contributed by atoms with van der Waals surface area (Å²) >= 11 is 0. The fourth-order valence-corrected chi connectivity index (χ4v) is 1.97. The van der Waals surface area contributed by atoms with Crippen molar-refractivity contribution in [2.24, 2.45) is 0 Å². The summed E-state index contributed by atoms with van der Waals surface area (Å²) in [7, 11) is 3.33. The lowest BCUT2D eigenvalue weighted by Gasteiger charge is -2.14. The Kier molecular flexibility index (Phi) is 5.76. The number of imide groups is 1. The number of carbonyl (C=O) groups is 2. The molecule has 2 rings (SSSR count). The molecule has 0 saturated heterocycles. The Morgan fingerprint density at radius 3 is 2.57 bits per heavy atom. The second-order valence-corrected chi connectivity index (χ2v) is 4.98. The molecule has 2 aromatic rings. The summed E-state index contributed by atoms with van der Waals surface area (Å²) in [6.45, 7) is 0.567. The molecular formula is C16H19N3O4. The molecule has 0 saturated carbocycles. The molecule has 0 spiro atoms. The third-order valence-electron chi connectivity index (χ3n) is 3.02. The standard InChI is InChI=1S/C16H19N3O4/c1-19(10-14-4-3-9-23-14)11-15(20)18-16(21)17-12-5-7-13(22-2)8-6-12/h3-9H,10-11H2,1-2H3,(H2,17,18,20,21). The van der Waals surface area contributed by atoms with Gasteiger partial charge in [0.25, 0.3) is 0 Å². The van der Waals surface area contributed by atoms with E-state index >= 15 is 0 Å². The molecule has 122 valence electrons. The number of urea groups is 1. The Labute approximate surface area is 134 Å². The summed E-state index contributed by atoms with van der Waals surface area (Å²) in [5.74, 6) is 1.04. The molecule has 0 radical (unpaired) electrons. The Morgan fingerprint density at radius 2 is 1.96 bits per heavy atom. The van der Waals surface area contributed by atoms with Crippen LogP contribution in [0.4, 0.5) is 10.5 Å². The minimum absolute atomic E-state index is 0.0801. The maximum absolute atomic E-state index is 11.8. The Bertz CT molecular complexity index is 638. The number of benzene rings is 1. The lowest BCUT2D eigenvalue weighted by Crippen LogP contribution is -2.40. The molecule has 1 aromatic heterocycles. The number of anilines is 1. The number of nitrogens with zero attached hydrogens (tertiary/aromatic N) is 1. The number of furan rings is 1. The van der Waals surface area contributed by atoms with E-state index in [0.717, 1.165) is 5.76 Å². The SMILES string of the molecule is COc1ccc(NC(=O)NC(=O)CN(C)Cc2ccco2)cc1. The molecule has 0 fully saturated rings. The highest BCUT2D eigenvalue weighted by Gasteiger charge is 2.11. The predicted molar refractivity (Wildman–Crippen MR) is 85.2 cm³/mol. The summed E-state index contributed by atoms with van der Waals surface area (Å²) in [5, 5.41) is 4.85. The van der Waals surface area contributed by atoms with E-state index in [-0.39, 0.29) is 6.54 Å². The van der Waals surface area contributed by atoms with Crippen molar-refractivity contribution in [3.63, 3.8) is 0 Å². The quantitative estimate of drug-likeness (QED) is 0.852. The molecular weight excluding hydrogens is 298 g/mol. The van der Waals surface area contributed by atoms with Gasteiger partial charge in [-0.15, -0.1) is 0 Å².